The van der Waals surface area contributed by atoms with Crippen molar-refractivity contribution in [3.05, 3.63) is 46.4 Å². The monoisotopic (exact) mass is 396 g/mol. The highest BCUT2D eigenvalue weighted by Gasteiger charge is 2.20. The molecule has 1 heterocycles. The fourth-order valence-corrected chi connectivity index (χ4v) is 4.05. The van der Waals surface area contributed by atoms with Gasteiger partial charge in [0.25, 0.3) is 15.9 Å². The Labute approximate surface area is 142 Å². The summed E-state index contributed by atoms with van der Waals surface area (Å²) in [7, 11) is -3.74. The number of sulfonamides is 1. The summed E-state index contributed by atoms with van der Waals surface area (Å²) in [4.78, 5) is 11.5. The van der Waals surface area contributed by atoms with Gasteiger partial charge in [-0.15, -0.1) is 0 Å². The molecule has 0 aromatic heterocycles. The van der Waals surface area contributed by atoms with E-state index >= 15 is 0 Å². The summed E-state index contributed by atoms with van der Waals surface area (Å²) in [6.07, 6.45) is 0. The lowest BCUT2D eigenvalue weighted by Gasteiger charge is -2.19. The van der Waals surface area contributed by atoms with E-state index in [0.717, 1.165) is 0 Å². The van der Waals surface area contributed by atoms with Crippen molar-refractivity contribution in [1.82, 2.24) is 0 Å². The summed E-state index contributed by atoms with van der Waals surface area (Å²) < 4.78 is 33.5. The van der Waals surface area contributed by atoms with Crippen molar-refractivity contribution in [2.75, 3.05) is 16.6 Å². The van der Waals surface area contributed by atoms with Crippen LogP contribution in [0.2, 0.25) is 0 Å². The zero-order valence-electron chi connectivity index (χ0n) is 12.1. The van der Waals surface area contributed by atoms with Crippen molar-refractivity contribution in [3.8, 4) is 5.75 Å². The number of ether oxygens (including phenoxy) is 1. The average molecular weight is 397 g/mol. The number of anilines is 2. The van der Waals surface area contributed by atoms with Gasteiger partial charge in [-0.2, -0.15) is 0 Å². The molecule has 3 rings (SSSR count). The fourth-order valence-electron chi connectivity index (χ4n) is 2.22. The normalized spacial score (nSPS) is 13.7. The molecule has 0 unspecified atom stereocenters. The van der Waals surface area contributed by atoms with Crippen LogP contribution in [0.1, 0.15) is 5.56 Å². The number of hydrogen-bond acceptors (Lipinski definition) is 4. The molecule has 0 radical (unpaired) electrons. The Morgan fingerprint density at radius 2 is 2.00 bits per heavy atom. The highest BCUT2D eigenvalue weighted by Crippen LogP contribution is 2.31. The van der Waals surface area contributed by atoms with Gasteiger partial charge in [-0.3, -0.25) is 9.52 Å². The van der Waals surface area contributed by atoms with Gasteiger partial charge in [-0.25, -0.2) is 8.42 Å². The van der Waals surface area contributed by atoms with Crippen LogP contribution in [0.3, 0.4) is 0 Å². The summed E-state index contributed by atoms with van der Waals surface area (Å²) in [5.41, 5.74) is 1.41. The standard InChI is InChI=1S/C15H13BrN2O4S/c1-9-2-3-10(16)6-14(9)23(20,21)18-11-4-5-13-12(7-11)17-15(19)8-22-13/h2-7,18H,8H2,1H3,(H,17,19). The molecule has 0 spiro atoms. The van der Waals surface area contributed by atoms with Gasteiger partial charge in [0, 0.05) is 4.47 Å². The van der Waals surface area contributed by atoms with E-state index in [1.54, 1.807) is 37.3 Å². The molecule has 0 saturated carbocycles. The number of rotatable bonds is 3. The minimum atomic E-state index is -3.74. The molecule has 2 aromatic rings. The van der Waals surface area contributed by atoms with E-state index in [-0.39, 0.29) is 17.4 Å². The zero-order valence-corrected chi connectivity index (χ0v) is 14.5. The Bertz CT molecular complexity index is 896. The van der Waals surface area contributed by atoms with Gasteiger partial charge in [0.2, 0.25) is 0 Å². The zero-order chi connectivity index (χ0) is 16.6. The SMILES string of the molecule is Cc1ccc(Br)cc1S(=O)(=O)Nc1ccc2c(c1)NC(=O)CO2. The van der Waals surface area contributed by atoms with E-state index in [1.165, 1.54) is 6.07 Å². The molecule has 8 heteroatoms. The van der Waals surface area contributed by atoms with Crippen molar-refractivity contribution in [3.63, 3.8) is 0 Å². The number of aryl methyl sites for hydroxylation is 1. The molecule has 2 N–H and O–H groups in total. The topological polar surface area (TPSA) is 84.5 Å². The number of halogens is 1. The van der Waals surface area contributed by atoms with Crippen LogP contribution in [0.25, 0.3) is 0 Å². The summed E-state index contributed by atoms with van der Waals surface area (Å²) in [5, 5.41) is 2.64. The second-order valence-corrected chi connectivity index (χ2v) is 7.63. The van der Waals surface area contributed by atoms with E-state index in [4.69, 9.17) is 4.74 Å². The Kier molecular flexibility index (Phi) is 4.03. The van der Waals surface area contributed by atoms with Gasteiger partial charge in [-0.05, 0) is 42.8 Å². The predicted octanol–water partition coefficient (Wildman–Crippen LogP) is 2.89. The van der Waals surface area contributed by atoms with Crippen LogP contribution in [0.5, 0.6) is 5.75 Å². The Balaban J connectivity index is 1.93. The summed E-state index contributed by atoms with van der Waals surface area (Å²) in [6, 6.07) is 9.76. The molecule has 1 aliphatic heterocycles. The van der Waals surface area contributed by atoms with Gasteiger partial charge in [0.15, 0.2) is 6.61 Å². The number of fused-ring (bicyclic) bond motifs is 1. The molecule has 1 amide bonds. The molecule has 0 fully saturated rings. The van der Waals surface area contributed by atoms with Crippen molar-refractivity contribution in [1.29, 1.82) is 0 Å². The van der Waals surface area contributed by atoms with Crippen molar-refractivity contribution in [2.24, 2.45) is 0 Å². The highest BCUT2D eigenvalue weighted by atomic mass is 79.9. The summed E-state index contributed by atoms with van der Waals surface area (Å²) in [5.74, 6) is 0.228. The number of carbonyl (C=O) groups excluding carboxylic acids is 1. The van der Waals surface area contributed by atoms with E-state index in [0.29, 0.717) is 27.2 Å². The lowest BCUT2D eigenvalue weighted by molar-refractivity contribution is -0.118. The predicted molar refractivity (Wildman–Crippen MR) is 90.3 cm³/mol. The number of nitrogens with one attached hydrogen (secondary N) is 2. The number of amides is 1. The van der Waals surface area contributed by atoms with Crippen molar-refractivity contribution in [2.45, 2.75) is 11.8 Å². The Hall–Kier alpha value is -2.06. The van der Waals surface area contributed by atoms with Gasteiger partial charge in [0.1, 0.15) is 5.75 Å². The smallest absolute Gasteiger partial charge is 0.262 e. The van der Waals surface area contributed by atoms with E-state index in [1.807, 2.05) is 0 Å². The van der Waals surface area contributed by atoms with Crippen LogP contribution >= 0.6 is 15.9 Å². The molecule has 120 valence electrons. The second kappa shape index (κ2) is 5.86. The van der Waals surface area contributed by atoms with Crippen LogP contribution in [0, 0.1) is 6.92 Å². The first kappa shape index (κ1) is 15.8. The van der Waals surface area contributed by atoms with Crippen LogP contribution in [0.15, 0.2) is 45.8 Å². The van der Waals surface area contributed by atoms with Gasteiger partial charge in [-0.1, -0.05) is 22.0 Å². The van der Waals surface area contributed by atoms with Crippen molar-refractivity contribution >= 4 is 43.2 Å². The molecular weight excluding hydrogens is 384 g/mol. The van der Waals surface area contributed by atoms with E-state index in [9.17, 15) is 13.2 Å². The quantitative estimate of drug-likeness (QED) is 0.834. The minimum absolute atomic E-state index is 0.0463. The molecule has 1 aliphatic rings. The first-order valence-electron chi connectivity index (χ1n) is 6.71. The largest absolute Gasteiger partial charge is 0.482 e. The molecule has 6 nitrogen and oxygen atoms in total. The highest BCUT2D eigenvalue weighted by molar-refractivity contribution is 9.10. The van der Waals surface area contributed by atoms with Gasteiger partial charge in [0.05, 0.1) is 16.3 Å². The Morgan fingerprint density at radius 3 is 2.78 bits per heavy atom. The number of hydrogen-bond donors (Lipinski definition) is 2. The third-order valence-electron chi connectivity index (χ3n) is 3.30. The fraction of sp³-hybridized carbons (Fsp3) is 0.133. The third kappa shape index (κ3) is 3.32. The lowest BCUT2D eigenvalue weighted by atomic mass is 10.2. The number of carbonyl (C=O) groups is 1. The second-order valence-electron chi connectivity index (χ2n) is 5.06. The van der Waals surface area contributed by atoms with Crippen molar-refractivity contribution < 1.29 is 17.9 Å². The number of benzene rings is 2. The van der Waals surface area contributed by atoms with E-state index < -0.39 is 10.0 Å². The van der Waals surface area contributed by atoms with Gasteiger partial charge < -0.3 is 10.1 Å². The average Bonchev–Trinajstić information content (AvgIpc) is 2.48. The van der Waals surface area contributed by atoms with E-state index in [2.05, 4.69) is 26.0 Å². The molecule has 2 aromatic carbocycles. The maximum atomic E-state index is 12.6. The van der Waals surface area contributed by atoms with Crippen LogP contribution in [-0.4, -0.2) is 20.9 Å². The molecule has 0 bridgehead atoms. The minimum Gasteiger partial charge on any atom is -0.482 e. The van der Waals surface area contributed by atoms with Crippen LogP contribution < -0.4 is 14.8 Å². The molecule has 0 saturated heterocycles. The first-order chi connectivity index (χ1) is 10.8. The molecule has 0 aliphatic carbocycles. The lowest BCUT2D eigenvalue weighted by Crippen LogP contribution is -2.25. The molecule has 0 atom stereocenters. The van der Waals surface area contributed by atoms with Crippen LogP contribution in [-0.2, 0) is 14.8 Å². The third-order valence-corrected chi connectivity index (χ3v) is 5.32. The first-order valence-corrected chi connectivity index (χ1v) is 8.98. The van der Waals surface area contributed by atoms with Crippen LogP contribution in [0.4, 0.5) is 11.4 Å². The summed E-state index contributed by atoms with van der Waals surface area (Å²) in [6.45, 7) is 1.68. The Morgan fingerprint density at radius 1 is 1.22 bits per heavy atom. The maximum Gasteiger partial charge on any atom is 0.262 e. The summed E-state index contributed by atoms with van der Waals surface area (Å²) >= 11 is 3.27. The maximum absolute atomic E-state index is 12.6. The van der Waals surface area contributed by atoms with Gasteiger partial charge >= 0.3 is 0 Å². The molecule has 23 heavy (non-hydrogen) atoms. The molecular formula is C15H13BrN2O4S.